The Morgan fingerprint density at radius 3 is 2.39 bits per heavy atom. The highest BCUT2D eigenvalue weighted by Crippen LogP contribution is 2.68. The highest BCUT2D eigenvalue weighted by Gasteiger charge is 2.76. The average molecular weight is 589 g/mol. The van der Waals surface area contributed by atoms with Gasteiger partial charge in [-0.1, -0.05) is 57.5 Å². The molecule has 3 rings (SSSR count). The Morgan fingerprint density at radius 1 is 1.22 bits per heavy atom. The summed E-state index contributed by atoms with van der Waals surface area (Å²) in [5.74, 6) is -1.25. The van der Waals surface area contributed by atoms with E-state index in [9.17, 15) is 19.5 Å². The molecule has 3 saturated heterocycles. The van der Waals surface area contributed by atoms with E-state index in [0.29, 0.717) is 19.4 Å². The van der Waals surface area contributed by atoms with E-state index in [2.05, 4.69) is 61.2 Å². The maximum Gasteiger partial charge on any atom is 0.244 e. The summed E-state index contributed by atoms with van der Waals surface area (Å²) >= 11 is 5.45. The molecule has 9 heteroatoms. The molecule has 0 aromatic heterocycles. The van der Waals surface area contributed by atoms with E-state index in [4.69, 9.17) is 0 Å². The zero-order chi connectivity index (χ0) is 27.2. The fourth-order valence-electron chi connectivity index (χ4n) is 7.02. The summed E-state index contributed by atoms with van der Waals surface area (Å²) in [7, 11) is 0. The van der Waals surface area contributed by atoms with Crippen molar-refractivity contribution in [3.05, 3.63) is 0 Å². The van der Waals surface area contributed by atoms with E-state index in [-0.39, 0.29) is 45.7 Å². The zero-order valence-electron chi connectivity index (χ0n) is 23.2. The van der Waals surface area contributed by atoms with Gasteiger partial charge in [0.15, 0.2) is 0 Å². The second-order valence-corrected chi connectivity index (χ2v) is 16.0. The Balaban J connectivity index is 2.05. The molecule has 36 heavy (non-hydrogen) atoms. The lowest BCUT2D eigenvalue weighted by Gasteiger charge is -2.41. The van der Waals surface area contributed by atoms with Gasteiger partial charge in [0.2, 0.25) is 17.7 Å². The number of alkyl halides is 1. The van der Waals surface area contributed by atoms with Crippen molar-refractivity contribution in [2.75, 3.05) is 13.2 Å². The van der Waals surface area contributed by atoms with Crippen molar-refractivity contribution in [2.24, 2.45) is 23.2 Å². The van der Waals surface area contributed by atoms with Crippen LogP contribution in [0.5, 0.6) is 0 Å². The van der Waals surface area contributed by atoms with E-state index in [1.165, 1.54) is 0 Å². The van der Waals surface area contributed by atoms with Crippen molar-refractivity contribution in [3.63, 3.8) is 0 Å². The third-order valence-corrected chi connectivity index (χ3v) is 10.8. The summed E-state index contributed by atoms with van der Waals surface area (Å²) in [6.45, 7) is 17.0. The number of nitrogens with zero attached hydrogens (tertiary/aromatic N) is 1. The van der Waals surface area contributed by atoms with Crippen molar-refractivity contribution in [1.29, 1.82) is 0 Å². The van der Waals surface area contributed by atoms with Gasteiger partial charge < -0.3 is 20.6 Å². The maximum absolute atomic E-state index is 14.2. The molecule has 0 saturated carbocycles. The molecule has 206 valence electrons. The SMILES string of the molecule is CCCNC(=O)[C@H]1[C@H]2C(=O)N([C@@H](CO)CC(C)C)C(C(=O)NC(C)(C)CC(C)(C)C)C23CC(Br)[C@@H]1S3. The number of rotatable bonds is 10. The number of nitrogens with one attached hydrogen (secondary N) is 2. The minimum atomic E-state index is -0.732. The third kappa shape index (κ3) is 5.63. The number of carbonyl (C=O) groups excluding carboxylic acids is 3. The monoisotopic (exact) mass is 587 g/mol. The second kappa shape index (κ2) is 10.8. The maximum atomic E-state index is 14.2. The molecule has 0 aliphatic carbocycles. The molecule has 3 N–H and O–H groups in total. The Labute approximate surface area is 229 Å². The Hall–Kier alpha value is -0.800. The topological polar surface area (TPSA) is 98.7 Å². The highest BCUT2D eigenvalue weighted by atomic mass is 79.9. The van der Waals surface area contributed by atoms with Gasteiger partial charge in [0, 0.05) is 22.2 Å². The number of aliphatic hydroxyl groups is 1. The number of hydrogen-bond acceptors (Lipinski definition) is 5. The van der Waals surface area contributed by atoms with Gasteiger partial charge in [0.1, 0.15) is 6.04 Å². The van der Waals surface area contributed by atoms with Crippen LogP contribution < -0.4 is 10.6 Å². The van der Waals surface area contributed by atoms with Crippen LogP contribution in [0.2, 0.25) is 0 Å². The van der Waals surface area contributed by atoms with Crippen LogP contribution in [0.1, 0.15) is 81.1 Å². The van der Waals surface area contributed by atoms with Crippen molar-refractivity contribution in [3.8, 4) is 0 Å². The number of fused-ring (bicyclic) bond motifs is 1. The van der Waals surface area contributed by atoms with Gasteiger partial charge in [-0.25, -0.2) is 0 Å². The van der Waals surface area contributed by atoms with Crippen LogP contribution in [0.25, 0.3) is 0 Å². The van der Waals surface area contributed by atoms with Gasteiger partial charge in [-0.15, -0.1) is 11.8 Å². The summed E-state index contributed by atoms with van der Waals surface area (Å²) in [6, 6.07) is -1.20. The van der Waals surface area contributed by atoms with Crippen molar-refractivity contribution in [1.82, 2.24) is 15.5 Å². The van der Waals surface area contributed by atoms with Gasteiger partial charge in [-0.3, -0.25) is 14.4 Å². The minimum absolute atomic E-state index is 0.0119. The van der Waals surface area contributed by atoms with E-state index in [1.807, 2.05) is 20.8 Å². The Bertz CT molecular complexity index is 860. The molecule has 1 spiro atoms. The van der Waals surface area contributed by atoms with Crippen molar-refractivity contribution < 1.29 is 19.5 Å². The molecule has 0 aromatic carbocycles. The van der Waals surface area contributed by atoms with E-state index >= 15 is 0 Å². The van der Waals surface area contributed by atoms with E-state index < -0.39 is 34.2 Å². The van der Waals surface area contributed by atoms with Crippen LogP contribution in [0.4, 0.5) is 0 Å². The minimum Gasteiger partial charge on any atom is -0.394 e. The van der Waals surface area contributed by atoms with Crippen LogP contribution in [-0.2, 0) is 14.4 Å². The number of hydrogen-bond donors (Lipinski definition) is 3. The quantitative estimate of drug-likeness (QED) is 0.338. The van der Waals surface area contributed by atoms with Crippen LogP contribution in [0.3, 0.4) is 0 Å². The summed E-state index contributed by atoms with van der Waals surface area (Å²) < 4.78 is -0.698. The number of likely N-dealkylation sites (tertiary alicyclic amines) is 1. The average Bonchev–Trinajstić information content (AvgIpc) is 3.31. The lowest BCUT2D eigenvalue weighted by Crippen LogP contribution is -2.60. The first-order valence-electron chi connectivity index (χ1n) is 13.4. The lowest BCUT2D eigenvalue weighted by atomic mass is 9.70. The zero-order valence-corrected chi connectivity index (χ0v) is 25.6. The molecule has 2 bridgehead atoms. The summed E-state index contributed by atoms with van der Waals surface area (Å²) in [5.41, 5.74) is -0.462. The van der Waals surface area contributed by atoms with E-state index in [0.717, 1.165) is 12.8 Å². The molecule has 3 fully saturated rings. The summed E-state index contributed by atoms with van der Waals surface area (Å²) in [5, 5.41) is 16.6. The first-order chi connectivity index (χ1) is 16.6. The second-order valence-electron chi connectivity index (χ2n) is 13.3. The molecular weight excluding hydrogens is 542 g/mol. The van der Waals surface area contributed by atoms with Crippen LogP contribution >= 0.6 is 27.7 Å². The lowest BCUT2D eigenvalue weighted by molar-refractivity contribution is -0.143. The molecule has 3 unspecified atom stereocenters. The number of carbonyl (C=O) groups is 3. The predicted octanol–water partition coefficient (Wildman–Crippen LogP) is 3.72. The van der Waals surface area contributed by atoms with E-state index in [1.54, 1.807) is 16.7 Å². The molecule has 0 radical (unpaired) electrons. The Kier molecular flexibility index (Phi) is 8.89. The molecule has 3 aliphatic rings. The van der Waals surface area contributed by atoms with Gasteiger partial charge in [0.05, 0.1) is 29.2 Å². The molecule has 7 nitrogen and oxygen atoms in total. The fraction of sp³-hybridized carbons (Fsp3) is 0.889. The van der Waals surface area contributed by atoms with Crippen LogP contribution in [0, 0.1) is 23.2 Å². The fourth-order valence-corrected chi connectivity index (χ4v) is 10.6. The summed E-state index contributed by atoms with van der Waals surface area (Å²) in [4.78, 5) is 43.4. The van der Waals surface area contributed by atoms with Gasteiger partial charge >= 0.3 is 0 Å². The molecule has 3 aliphatic heterocycles. The van der Waals surface area contributed by atoms with Gasteiger partial charge in [-0.2, -0.15) is 0 Å². The Morgan fingerprint density at radius 2 is 1.86 bits per heavy atom. The van der Waals surface area contributed by atoms with Crippen molar-refractivity contribution in [2.45, 2.75) is 114 Å². The number of amides is 3. The molecule has 3 amide bonds. The molecular formula is C27H46BrN3O4S. The van der Waals surface area contributed by atoms with Gasteiger partial charge in [0.25, 0.3) is 0 Å². The predicted molar refractivity (Wildman–Crippen MR) is 149 cm³/mol. The number of halogens is 1. The van der Waals surface area contributed by atoms with Crippen LogP contribution in [-0.4, -0.2) is 73.3 Å². The summed E-state index contributed by atoms with van der Waals surface area (Å²) in [6.07, 6.45) is 2.83. The normalized spacial score (nSPS) is 32.7. The highest BCUT2D eigenvalue weighted by molar-refractivity contribution is 9.09. The first-order valence-corrected chi connectivity index (χ1v) is 15.2. The van der Waals surface area contributed by atoms with Gasteiger partial charge in [-0.05, 0) is 50.9 Å². The molecule has 7 atom stereocenters. The standard InChI is InChI=1S/C27H46BrN3O4S/c1-9-10-29-22(33)18-19-24(35)31(16(13-32)11-15(2)3)21(27(19)12-17(28)20(18)36-27)23(34)30-26(7,8)14-25(4,5)6/h15-21,32H,9-14H2,1-8H3,(H,29,33)(H,30,34)/t16-,17?,18+,19+,20+,21?,27?/m1/s1. The first kappa shape index (κ1) is 29.8. The van der Waals surface area contributed by atoms with Crippen LogP contribution in [0.15, 0.2) is 0 Å². The third-order valence-electron chi connectivity index (χ3n) is 7.61. The smallest absolute Gasteiger partial charge is 0.244 e. The number of thioether (sulfide) groups is 1. The largest absolute Gasteiger partial charge is 0.394 e. The number of aliphatic hydroxyl groups excluding tert-OH is 1. The molecule has 0 aromatic rings. The molecule has 3 heterocycles. The van der Waals surface area contributed by atoms with Crippen molar-refractivity contribution >= 4 is 45.4 Å².